The van der Waals surface area contributed by atoms with Crippen LogP contribution in [0.1, 0.15) is 36.0 Å². The van der Waals surface area contributed by atoms with Crippen LogP contribution in [-0.4, -0.2) is 33.5 Å². The Bertz CT molecular complexity index is 986. The van der Waals surface area contributed by atoms with Gasteiger partial charge in [0.15, 0.2) is 0 Å². The van der Waals surface area contributed by atoms with Crippen molar-refractivity contribution in [1.82, 2.24) is 5.32 Å². The fraction of sp³-hybridized carbons (Fsp3) is 0.350. The van der Waals surface area contributed by atoms with Gasteiger partial charge in [0.1, 0.15) is 12.4 Å². The molecule has 1 saturated carbocycles. The number of carbonyl (C=O) groups excluding carboxylic acids is 1. The molecule has 1 N–H and O–H groups in total. The van der Waals surface area contributed by atoms with E-state index in [1.165, 1.54) is 16.4 Å². The van der Waals surface area contributed by atoms with E-state index in [1.54, 1.807) is 30.3 Å². The molecule has 1 aliphatic carbocycles. The van der Waals surface area contributed by atoms with Crippen LogP contribution in [0.15, 0.2) is 47.4 Å². The molecule has 2 aliphatic rings. The average molecular weight is 421 g/mol. The number of amides is 1. The smallest absolute Gasteiger partial charge is 0.264 e. The van der Waals surface area contributed by atoms with Crippen molar-refractivity contribution in [2.75, 3.05) is 17.5 Å². The fourth-order valence-corrected chi connectivity index (χ4v) is 5.23. The number of fused-ring (bicyclic) bond motifs is 1. The number of hydrogen-bond donors (Lipinski definition) is 1. The average Bonchev–Trinajstić information content (AvgIpc) is 3.20. The van der Waals surface area contributed by atoms with E-state index in [-0.39, 0.29) is 30.0 Å². The summed E-state index contributed by atoms with van der Waals surface area (Å²) in [7, 11) is -3.79. The molecule has 0 saturated heterocycles. The number of rotatable bonds is 4. The number of ether oxygens (including phenoxy) is 1. The van der Waals surface area contributed by atoms with Crippen molar-refractivity contribution in [2.45, 2.75) is 36.6 Å². The van der Waals surface area contributed by atoms with Crippen molar-refractivity contribution in [2.24, 2.45) is 0 Å². The third-order valence-electron chi connectivity index (χ3n) is 5.13. The van der Waals surface area contributed by atoms with Gasteiger partial charge in [-0.2, -0.15) is 0 Å². The summed E-state index contributed by atoms with van der Waals surface area (Å²) in [6.45, 7) is 0.416. The minimum atomic E-state index is -3.79. The molecule has 0 radical (unpaired) electrons. The maximum atomic E-state index is 13.1. The lowest BCUT2D eigenvalue weighted by molar-refractivity contribution is 0.0938. The van der Waals surface area contributed by atoms with Crippen LogP contribution in [0.25, 0.3) is 0 Å². The quantitative estimate of drug-likeness (QED) is 0.819. The van der Waals surface area contributed by atoms with Crippen LogP contribution in [0.4, 0.5) is 5.69 Å². The van der Waals surface area contributed by atoms with Crippen LogP contribution >= 0.6 is 11.6 Å². The Morgan fingerprint density at radius 3 is 2.54 bits per heavy atom. The number of nitrogens with one attached hydrogen (secondary N) is 1. The van der Waals surface area contributed by atoms with Crippen LogP contribution in [0.5, 0.6) is 5.75 Å². The predicted octanol–water partition coefficient (Wildman–Crippen LogP) is 3.60. The number of nitrogens with zero attached hydrogens (tertiary/aromatic N) is 1. The molecule has 1 amide bonds. The fourth-order valence-electron chi connectivity index (χ4n) is 3.66. The Kier molecular flexibility index (Phi) is 5.21. The monoisotopic (exact) mass is 420 g/mol. The van der Waals surface area contributed by atoms with Crippen molar-refractivity contribution in [3.63, 3.8) is 0 Å². The third kappa shape index (κ3) is 3.69. The molecule has 0 aromatic heterocycles. The number of hydrogen-bond acceptors (Lipinski definition) is 4. The Morgan fingerprint density at radius 2 is 1.82 bits per heavy atom. The van der Waals surface area contributed by atoms with Crippen molar-refractivity contribution in [3.05, 3.63) is 53.1 Å². The molecule has 0 bridgehead atoms. The summed E-state index contributed by atoms with van der Waals surface area (Å²) in [6, 6.07) is 11.1. The van der Waals surface area contributed by atoms with E-state index in [0.29, 0.717) is 22.0 Å². The summed E-state index contributed by atoms with van der Waals surface area (Å²) in [5.74, 6) is 0.255. The highest BCUT2D eigenvalue weighted by Crippen LogP contribution is 2.36. The van der Waals surface area contributed by atoms with Crippen molar-refractivity contribution in [1.29, 1.82) is 0 Å². The highest BCUT2D eigenvalue weighted by molar-refractivity contribution is 7.92. The first kappa shape index (κ1) is 19.1. The van der Waals surface area contributed by atoms with Crippen molar-refractivity contribution >= 4 is 33.2 Å². The molecule has 4 rings (SSSR count). The molecule has 1 aliphatic heterocycles. The highest BCUT2D eigenvalue weighted by Gasteiger charge is 2.31. The number of carbonyl (C=O) groups is 1. The molecule has 2 aromatic rings. The summed E-state index contributed by atoms with van der Waals surface area (Å²) in [5, 5.41) is 3.50. The van der Waals surface area contributed by atoms with Gasteiger partial charge in [-0.05, 0) is 55.3 Å². The summed E-state index contributed by atoms with van der Waals surface area (Å²) < 4.78 is 33.2. The standard InChI is InChI=1S/C20H21ClN2O4S/c21-15-6-8-17(9-7-15)28(25,26)23-11-12-27-19-10-5-14(13-18(19)23)20(24)22-16-3-1-2-4-16/h5-10,13,16H,1-4,11-12H2,(H,22,24). The zero-order chi connectivity index (χ0) is 19.7. The van der Waals surface area contributed by atoms with E-state index in [1.807, 2.05) is 0 Å². The number of benzene rings is 2. The number of sulfonamides is 1. The van der Waals surface area contributed by atoms with Crippen LogP contribution in [0, 0.1) is 0 Å². The maximum absolute atomic E-state index is 13.1. The van der Waals surface area contributed by atoms with E-state index in [4.69, 9.17) is 16.3 Å². The predicted molar refractivity (Wildman–Crippen MR) is 108 cm³/mol. The van der Waals surface area contributed by atoms with Gasteiger partial charge in [-0.25, -0.2) is 8.42 Å². The Balaban J connectivity index is 1.66. The van der Waals surface area contributed by atoms with Gasteiger partial charge < -0.3 is 10.1 Å². The zero-order valence-corrected chi connectivity index (χ0v) is 16.8. The van der Waals surface area contributed by atoms with Gasteiger partial charge >= 0.3 is 0 Å². The molecular formula is C20H21ClN2O4S. The Morgan fingerprint density at radius 1 is 1.11 bits per heavy atom. The first-order valence-electron chi connectivity index (χ1n) is 9.31. The van der Waals surface area contributed by atoms with Gasteiger partial charge in [0.05, 0.1) is 17.1 Å². The molecular weight excluding hydrogens is 400 g/mol. The first-order valence-corrected chi connectivity index (χ1v) is 11.1. The highest BCUT2D eigenvalue weighted by atomic mass is 35.5. The minimum absolute atomic E-state index is 0.144. The van der Waals surface area contributed by atoms with Crippen molar-refractivity contribution < 1.29 is 17.9 Å². The van der Waals surface area contributed by atoms with Gasteiger partial charge in [-0.15, -0.1) is 0 Å². The summed E-state index contributed by atoms with van der Waals surface area (Å²) in [6.07, 6.45) is 4.21. The molecule has 1 heterocycles. The van der Waals surface area contributed by atoms with Gasteiger partial charge in [-0.1, -0.05) is 24.4 Å². The largest absolute Gasteiger partial charge is 0.489 e. The normalized spacial score (nSPS) is 17.1. The molecule has 2 aromatic carbocycles. The van der Waals surface area contributed by atoms with Crippen LogP contribution in [0.2, 0.25) is 5.02 Å². The zero-order valence-electron chi connectivity index (χ0n) is 15.2. The minimum Gasteiger partial charge on any atom is -0.489 e. The molecule has 148 valence electrons. The maximum Gasteiger partial charge on any atom is 0.264 e. The van der Waals surface area contributed by atoms with E-state index in [2.05, 4.69) is 5.32 Å². The second-order valence-electron chi connectivity index (χ2n) is 7.02. The van der Waals surface area contributed by atoms with Crippen molar-refractivity contribution in [3.8, 4) is 5.75 Å². The number of anilines is 1. The molecule has 1 fully saturated rings. The summed E-state index contributed by atoms with van der Waals surface area (Å²) >= 11 is 5.88. The van der Waals surface area contributed by atoms with E-state index >= 15 is 0 Å². The van der Waals surface area contributed by atoms with E-state index in [9.17, 15) is 13.2 Å². The van der Waals surface area contributed by atoms with Gasteiger partial charge in [0, 0.05) is 16.6 Å². The Labute approximate surface area is 169 Å². The summed E-state index contributed by atoms with van der Waals surface area (Å²) in [5.41, 5.74) is 0.799. The Hall–Kier alpha value is -2.25. The van der Waals surface area contributed by atoms with E-state index < -0.39 is 10.0 Å². The first-order chi connectivity index (χ1) is 13.4. The molecule has 0 unspecified atom stereocenters. The molecule has 0 spiro atoms. The van der Waals surface area contributed by atoms with Gasteiger partial charge in [0.2, 0.25) is 0 Å². The van der Waals surface area contributed by atoms with Crippen LogP contribution in [0.3, 0.4) is 0 Å². The topological polar surface area (TPSA) is 75.7 Å². The number of halogens is 1. The third-order valence-corrected chi connectivity index (χ3v) is 7.21. The summed E-state index contributed by atoms with van der Waals surface area (Å²) in [4.78, 5) is 12.8. The lowest BCUT2D eigenvalue weighted by atomic mass is 10.1. The SMILES string of the molecule is O=C(NC1CCCC1)c1ccc2c(c1)N(S(=O)(=O)c1ccc(Cl)cc1)CCO2. The second kappa shape index (κ2) is 7.64. The van der Waals surface area contributed by atoms with Gasteiger partial charge in [-0.3, -0.25) is 9.10 Å². The van der Waals surface area contributed by atoms with Gasteiger partial charge in [0.25, 0.3) is 15.9 Å². The molecule has 0 atom stereocenters. The second-order valence-corrected chi connectivity index (χ2v) is 9.32. The lowest BCUT2D eigenvalue weighted by Gasteiger charge is -2.30. The van der Waals surface area contributed by atoms with Crippen LogP contribution < -0.4 is 14.4 Å². The lowest BCUT2D eigenvalue weighted by Crippen LogP contribution is -2.38. The van der Waals surface area contributed by atoms with Crippen LogP contribution in [-0.2, 0) is 10.0 Å². The molecule has 6 nitrogen and oxygen atoms in total. The molecule has 28 heavy (non-hydrogen) atoms. The molecule has 8 heteroatoms. The van der Waals surface area contributed by atoms with E-state index in [0.717, 1.165) is 25.7 Å².